The van der Waals surface area contributed by atoms with Gasteiger partial charge in [0, 0.05) is 14.2 Å². The van der Waals surface area contributed by atoms with E-state index in [4.69, 9.17) is 8.85 Å². The van der Waals surface area contributed by atoms with Crippen molar-refractivity contribution in [3.05, 3.63) is 0 Å². The summed E-state index contributed by atoms with van der Waals surface area (Å²) in [7, 11) is 1.86. The molecule has 0 radical (unpaired) electrons. The number of hydrogen-bond donors (Lipinski definition) is 0. The van der Waals surface area contributed by atoms with Crippen molar-refractivity contribution < 1.29 is 8.85 Å². The van der Waals surface area contributed by atoms with E-state index in [0.29, 0.717) is 0 Å². The molecule has 2 nitrogen and oxygen atoms in total. The summed E-state index contributed by atoms with van der Waals surface area (Å²) in [4.78, 5) is 0. The van der Waals surface area contributed by atoms with Crippen molar-refractivity contribution in [2.45, 2.75) is 199 Å². The molecule has 0 spiro atoms. The van der Waals surface area contributed by atoms with E-state index in [1.54, 1.807) is 0 Å². The van der Waals surface area contributed by atoms with Gasteiger partial charge in [0.05, 0.1) is 0 Å². The van der Waals surface area contributed by atoms with E-state index in [-0.39, 0.29) is 0 Å². The lowest BCUT2D eigenvalue weighted by molar-refractivity contribution is 0.238. The van der Waals surface area contributed by atoms with Crippen LogP contribution in [-0.4, -0.2) is 22.8 Å². The molecule has 0 aliphatic carbocycles. The molecule has 36 heavy (non-hydrogen) atoms. The highest BCUT2D eigenvalue weighted by Gasteiger charge is 2.33. The largest absolute Gasteiger partial charge is 0.398 e. The van der Waals surface area contributed by atoms with Crippen LogP contribution in [0.1, 0.15) is 187 Å². The average molecular weight is 527 g/mol. The Balaban J connectivity index is 3.53. The van der Waals surface area contributed by atoms with Gasteiger partial charge in [0.25, 0.3) is 0 Å². The molecule has 3 heteroatoms. The second kappa shape index (κ2) is 29.7. The average Bonchev–Trinajstić information content (AvgIpc) is 2.90. The van der Waals surface area contributed by atoms with Gasteiger partial charge in [-0.15, -0.1) is 0 Å². The molecule has 0 rings (SSSR count). The predicted molar refractivity (Wildman–Crippen MR) is 165 cm³/mol. The Bertz CT molecular complexity index is 397. The normalized spacial score (nSPS) is 12.0. The first-order valence-corrected chi connectivity index (χ1v) is 19.1. The third kappa shape index (κ3) is 24.5. The van der Waals surface area contributed by atoms with Gasteiger partial charge in [0.2, 0.25) is 0 Å². The van der Waals surface area contributed by atoms with E-state index >= 15 is 0 Å². The molecule has 0 heterocycles. The lowest BCUT2D eigenvalue weighted by Gasteiger charge is -2.27. The van der Waals surface area contributed by atoms with Crippen LogP contribution in [0.2, 0.25) is 12.1 Å². The Labute approximate surface area is 230 Å². The van der Waals surface area contributed by atoms with Crippen LogP contribution in [0.15, 0.2) is 0 Å². The summed E-state index contributed by atoms with van der Waals surface area (Å²) < 4.78 is 12.0. The highest BCUT2D eigenvalue weighted by molar-refractivity contribution is 6.67. The topological polar surface area (TPSA) is 18.5 Å². The molecule has 0 unspecified atom stereocenters. The van der Waals surface area contributed by atoms with Crippen LogP contribution in [-0.2, 0) is 8.85 Å². The summed E-state index contributed by atoms with van der Waals surface area (Å²) in [6, 6.07) is 2.38. The number of hydrogen-bond acceptors (Lipinski definition) is 2. The van der Waals surface area contributed by atoms with Gasteiger partial charge in [-0.2, -0.15) is 0 Å². The summed E-state index contributed by atoms with van der Waals surface area (Å²) in [6.45, 7) is 4.60. The molecule has 0 N–H and O–H groups in total. The van der Waals surface area contributed by atoms with Crippen molar-refractivity contribution in [2.75, 3.05) is 14.2 Å². The third-order valence-corrected chi connectivity index (χ3v) is 12.0. The molecule has 0 aliphatic rings. The maximum absolute atomic E-state index is 6.02. The standard InChI is InChI=1S/C33H70O2Si/c1-5-7-9-11-13-15-17-18-19-20-21-23-25-27-29-31-33-36(34-3,35-4)32-30-28-26-24-22-16-14-12-10-8-6-2/h5-33H2,1-4H3. The van der Waals surface area contributed by atoms with Gasteiger partial charge in [-0.1, -0.05) is 187 Å². The number of rotatable bonds is 31. The quantitative estimate of drug-likeness (QED) is 0.0660. The van der Waals surface area contributed by atoms with Gasteiger partial charge in [-0.05, 0) is 12.1 Å². The molecule has 0 fully saturated rings. The SMILES string of the molecule is CCCCCCCCCCCCCCCCCC[Si](CCCCCCCCCCCCC)(OC)OC. The predicted octanol–water partition coefficient (Wildman–Crippen LogP) is 12.3. The summed E-state index contributed by atoms with van der Waals surface area (Å²) in [5.74, 6) is 0. The van der Waals surface area contributed by atoms with Gasteiger partial charge in [0.1, 0.15) is 0 Å². The van der Waals surface area contributed by atoms with E-state index < -0.39 is 8.56 Å². The Kier molecular flexibility index (Phi) is 29.8. The first kappa shape index (κ1) is 36.1. The van der Waals surface area contributed by atoms with E-state index in [2.05, 4.69) is 13.8 Å². The van der Waals surface area contributed by atoms with Crippen LogP contribution in [0.25, 0.3) is 0 Å². The molecular weight excluding hydrogens is 456 g/mol. The van der Waals surface area contributed by atoms with Gasteiger partial charge >= 0.3 is 8.56 Å². The fraction of sp³-hybridized carbons (Fsp3) is 1.00. The van der Waals surface area contributed by atoms with Crippen LogP contribution < -0.4 is 0 Å². The third-order valence-electron chi connectivity index (χ3n) is 8.32. The molecule has 0 saturated carbocycles. The molecule has 0 aromatic carbocycles. The van der Waals surface area contributed by atoms with Crippen molar-refractivity contribution in [1.29, 1.82) is 0 Å². The Morgan fingerprint density at radius 3 is 0.694 bits per heavy atom. The van der Waals surface area contributed by atoms with Gasteiger partial charge in [-0.25, -0.2) is 0 Å². The molecule has 0 aromatic rings. The van der Waals surface area contributed by atoms with Crippen molar-refractivity contribution in [2.24, 2.45) is 0 Å². The maximum Gasteiger partial charge on any atom is 0.337 e. The summed E-state index contributed by atoms with van der Waals surface area (Å²) in [6.07, 6.45) is 38.3. The van der Waals surface area contributed by atoms with Gasteiger partial charge < -0.3 is 8.85 Å². The van der Waals surface area contributed by atoms with Gasteiger partial charge in [0.15, 0.2) is 0 Å². The van der Waals surface area contributed by atoms with Crippen LogP contribution in [0, 0.1) is 0 Å². The highest BCUT2D eigenvalue weighted by Crippen LogP contribution is 2.25. The molecular formula is C33H70O2Si. The molecule has 0 aromatic heterocycles. The maximum atomic E-state index is 6.02. The van der Waals surface area contributed by atoms with E-state index in [1.165, 1.54) is 185 Å². The summed E-state index contributed by atoms with van der Waals surface area (Å²) >= 11 is 0. The van der Waals surface area contributed by atoms with Crippen molar-refractivity contribution in [3.8, 4) is 0 Å². The van der Waals surface area contributed by atoms with Crippen LogP contribution in [0.3, 0.4) is 0 Å². The van der Waals surface area contributed by atoms with E-state index in [0.717, 1.165) is 0 Å². The Morgan fingerprint density at radius 2 is 0.500 bits per heavy atom. The number of unbranched alkanes of at least 4 members (excludes halogenated alkanes) is 25. The smallest absolute Gasteiger partial charge is 0.337 e. The van der Waals surface area contributed by atoms with Gasteiger partial charge in [-0.3, -0.25) is 0 Å². The van der Waals surface area contributed by atoms with Crippen molar-refractivity contribution in [3.63, 3.8) is 0 Å². The zero-order valence-electron chi connectivity index (χ0n) is 25.8. The van der Waals surface area contributed by atoms with E-state index in [9.17, 15) is 0 Å². The van der Waals surface area contributed by atoms with Crippen LogP contribution in [0.4, 0.5) is 0 Å². The monoisotopic (exact) mass is 527 g/mol. The van der Waals surface area contributed by atoms with E-state index in [1.807, 2.05) is 14.2 Å². The molecule has 0 saturated heterocycles. The molecule has 0 amide bonds. The fourth-order valence-corrected chi connectivity index (χ4v) is 8.43. The lowest BCUT2D eigenvalue weighted by Crippen LogP contribution is -2.39. The first-order chi connectivity index (χ1) is 17.7. The minimum Gasteiger partial charge on any atom is -0.398 e. The minimum atomic E-state index is -1.94. The second-order valence-electron chi connectivity index (χ2n) is 11.7. The first-order valence-electron chi connectivity index (χ1n) is 16.8. The summed E-state index contributed by atoms with van der Waals surface area (Å²) in [5.41, 5.74) is 0. The lowest BCUT2D eigenvalue weighted by atomic mass is 10.0. The fourth-order valence-electron chi connectivity index (χ4n) is 5.62. The van der Waals surface area contributed by atoms with Crippen LogP contribution in [0.5, 0.6) is 0 Å². The molecule has 0 atom stereocenters. The van der Waals surface area contributed by atoms with Crippen molar-refractivity contribution >= 4 is 8.56 Å². The zero-order valence-corrected chi connectivity index (χ0v) is 26.8. The highest BCUT2D eigenvalue weighted by atomic mass is 28.4. The Morgan fingerprint density at radius 1 is 0.306 bits per heavy atom. The minimum absolute atomic E-state index is 1.19. The molecule has 0 bridgehead atoms. The van der Waals surface area contributed by atoms with Crippen LogP contribution >= 0.6 is 0 Å². The Hall–Kier alpha value is 0.137. The zero-order chi connectivity index (χ0) is 26.4. The molecule has 218 valence electrons. The summed E-state index contributed by atoms with van der Waals surface area (Å²) in [5, 5.41) is 0. The molecule has 0 aliphatic heterocycles. The second-order valence-corrected chi connectivity index (χ2v) is 15.3. The van der Waals surface area contributed by atoms with Crippen molar-refractivity contribution in [1.82, 2.24) is 0 Å².